The first-order chi connectivity index (χ1) is 7.61. The molecule has 1 heterocycles. The fourth-order valence-corrected chi connectivity index (χ4v) is 3.81. The molecule has 0 saturated carbocycles. The average molecular weight is 238 g/mol. The van der Waals surface area contributed by atoms with Crippen LogP contribution in [-0.2, 0) is 4.52 Å². The molecule has 0 N–H and O–H groups in total. The summed E-state index contributed by atoms with van der Waals surface area (Å²) >= 11 is 0. The van der Waals surface area contributed by atoms with Crippen molar-refractivity contribution in [1.29, 1.82) is 0 Å². The van der Waals surface area contributed by atoms with Crippen molar-refractivity contribution in [1.82, 2.24) is 9.34 Å². The molecule has 4 heteroatoms. The smallest absolute Gasteiger partial charge is 0.188 e. The van der Waals surface area contributed by atoms with E-state index in [1.165, 1.54) is 5.56 Å². The van der Waals surface area contributed by atoms with Crippen LogP contribution in [0.3, 0.4) is 0 Å². The van der Waals surface area contributed by atoms with Crippen molar-refractivity contribution in [2.24, 2.45) is 0 Å². The summed E-state index contributed by atoms with van der Waals surface area (Å²) in [4.78, 5) is 0. The molecular formula is C12H19N2OP. The van der Waals surface area contributed by atoms with Crippen LogP contribution in [0.5, 0.6) is 0 Å². The molecule has 3 nitrogen and oxygen atoms in total. The summed E-state index contributed by atoms with van der Waals surface area (Å²) < 4.78 is 10.6. The van der Waals surface area contributed by atoms with Crippen LogP contribution in [0, 0.1) is 0 Å². The Bertz CT molecular complexity index is 344. The summed E-state index contributed by atoms with van der Waals surface area (Å²) in [6, 6.07) is 10.9. The van der Waals surface area contributed by atoms with Gasteiger partial charge in [0.05, 0.1) is 0 Å². The lowest BCUT2D eigenvalue weighted by atomic mass is 10.0. The van der Waals surface area contributed by atoms with Gasteiger partial charge in [-0.15, -0.1) is 0 Å². The highest BCUT2D eigenvalue weighted by atomic mass is 31.2. The molecular weight excluding hydrogens is 219 g/mol. The van der Waals surface area contributed by atoms with Crippen LogP contribution in [0.25, 0.3) is 0 Å². The van der Waals surface area contributed by atoms with E-state index in [0.717, 1.165) is 0 Å². The van der Waals surface area contributed by atoms with Crippen molar-refractivity contribution >= 4 is 8.45 Å². The second-order valence-electron chi connectivity index (χ2n) is 4.35. The number of nitrogens with zero attached hydrogens (tertiary/aromatic N) is 2. The third-order valence-electron chi connectivity index (χ3n) is 2.98. The summed E-state index contributed by atoms with van der Waals surface area (Å²) in [5.74, 6) is 0. The van der Waals surface area contributed by atoms with Gasteiger partial charge in [-0.3, -0.25) is 4.67 Å². The van der Waals surface area contributed by atoms with Gasteiger partial charge in [0.2, 0.25) is 0 Å². The minimum absolute atomic E-state index is 0.194. The van der Waals surface area contributed by atoms with E-state index in [0.29, 0.717) is 6.04 Å². The molecule has 0 bridgehead atoms. The quantitative estimate of drug-likeness (QED) is 0.737. The van der Waals surface area contributed by atoms with E-state index in [1.807, 2.05) is 6.07 Å². The normalized spacial score (nSPS) is 31.2. The fourth-order valence-electron chi connectivity index (χ4n) is 1.97. The van der Waals surface area contributed by atoms with Gasteiger partial charge in [0.1, 0.15) is 6.10 Å². The molecule has 1 unspecified atom stereocenters. The molecule has 1 fully saturated rings. The van der Waals surface area contributed by atoms with E-state index in [2.05, 4.69) is 61.7 Å². The van der Waals surface area contributed by atoms with Crippen molar-refractivity contribution in [3.8, 4) is 0 Å². The van der Waals surface area contributed by atoms with Crippen LogP contribution in [0.15, 0.2) is 30.3 Å². The van der Waals surface area contributed by atoms with Gasteiger partial charge in [0.25, 0.3) is 0 Å². The number of hydrogen-bond donors (Lipinski definition) is 0. The number of likely N-dealkylation sites (N-methyl/N-ethyl adjacent to an activating group) is 1. The first kappa shape index (κ1) is 12.0. The largest absolute Gasteiger partial charge is 0.321 e. The Hall–Kier alpha value is -0.470. The minimum Gasteiger partial charge on any atom is -0.321 e. The monoisotopic (exact) mass is 238 g/mol. The maximum atomic E-state index is 6.15. The van der Waals surface area contributed by atoms with Gasteiger partial charge in [-0.25, -0.2) is 4.67 Å². The summed E-state index contributed by atoms with van der Waals surface area (Å²) in [7, 11) is 5.68. The maximum Gasteiger partial charge on any atom is 0.188 e. The summed E-state index contributed by atoms with van der Waals surface area (Å²) in [6.45, 7) is 2.23. The predicted octanol–water partition coefficient (Wildman–Crippen LogP) is 2.87. The number of benzene rings is 1. The van der Waals surface area contributed by atoms with E-state index in [4.69, 9.17) is 4.52 Å². The van der Waals surface area contributed by atoms with Gasteiger partial charge in [-0.05, 0) is 33.6 Å². The second kappa shape index (κ2) is 4.80. The highest BCUT2D eigenvalue weighted by molar-refractivity contribution is 7.47. The molecule has 1 aliphatic heterocycles. The lowest BCUT2D eigenvalue weighted by Crippen LogP contribution is -2.24. The van der Waals surface area contributed by atoms with E-state index in [9.17, 15) is 0 Å². The molecule has 0 aromatic heterocycles. The van der Waals surface area contributed by atoms with E-state index in [-0.39, 0.29) is 6.10 Å². The molecule has 3 atom stereocenters. The third-order valence-corrected chi connectivity index (χ3v) is 4.98. The van der Waals surface area contributed by atoms with Crippen LogP contribution >= 0.6 is 8.45 Å². The molecule has 2 rings (SSSR count). The fraction of sp³-hybridized carbons (Fsp3) is 0.500. The van der Waals surface area contributed by atoms with Crippen molar-refractivity contribution in [2.45, 2.75) is 19.1 Å². The molecule has 1 aliphatic rings. The van der Waals surface area contributed by atoms with Gasteiger partial charge >= 0.3 is 0 Å². The highest BCUT2D eigenvalue weighted by Crippen LogP contribution is 2.56. The predicted molar refractivity (Wildman–Crippen MR) is 68.1 cm³/mol. The minimum atomic E-state index is -0.601. The van der Waals surface area contributed by atoms with Gasteiger partial charge in [0, 0.05) is 6.04 Å². The first-order valence-corrected chi connectivity index (χ1v) is 6.69. The SMILES string of the molecule is C[C@H]1[C@@H](c2ccccc2)OP(N(C)C)N1C. The van der Waals surface area contributed by atoms with Gasteiger partial charge in [0.15, 0.2) is 8.45 Å². The molecule has 1 saturated heterocycles. The first-order valence-electron chi connectivity index (χ1n) is 5.53. The molecule has 1 aromatic carbocycles. The molecule has 1 aromatic rings. The van der Waals surface area contributed by atoms with Crippen molar-refractivity contribution < 1.29 is 4.52 Å². The molecule has 0 aliphatic carbocycles. The molecule has 16 heavy (non-hydrogen) atoms. The maximum absolute atomic E-state index is 6.15. The molecule has 0 amide bonds. The topological polar surface area (TPSA) is 15.7 Å². The number of rotatable bonds is 2. The Morgan fingerprint density at radius 1 is 1.25 bits per heavy atom. The second-order valence-corrected chi connectivity index (χ2v) is 6.50. The molecule has 0 spiro atoms. The average Bonchev–Trinajstić information content (AvgIpc) is 2.58. The van der Waals surface area contributed by atoms with E-state index in [1.54, 1.807) is 0 Å². The Morgan fingerprint density at radius 3 is 2.38 bits per heavy atom. The lowest BCUT2D eigenvalue weighted by Gasteiger charge is -2.24. The zero-order chi connectivity index (χ0) is 11.7. The summed E-state index contributed by atoms with van der Waals surface area (Å²) in [6.07, 6.45) is 0.194. The van der Waals surface area contributed by atoms with Crippen LogP contribution in [-0.4, -0.2) is 36.5 Å². The van der Waals surface area contributed by atoms with E-state index >= 15 is 0 Å². The van der Waals surface area contributed by atoms with Crippen molar-refractivity contribution in [3.05, 3.63) is 35.9 Å². The van der Waals surface area contributed by atoms with Crippen LogP contribution in [0.1, 0.15) is 18.6 Å². The van der Waals surface area contributed by atoms with Gasteiger partial charge < -0.3 is 4.52 Å². The van der Waals surface area contributed by atoms with Gasteiger partial charge in [-0.2, -0.15) is 0 Å². The molecule has 88 valence electrons. The summed E-state index contributed by atoms with van der Waals surface area (Å²) in [5.41, 5.74) is 1.27. The highest BCUT2D eigenvalue weighted by Gasteiger charge is 2.39. The Morgan fingerprint density at radius 2 is 1.88 bits per heavy atom. The molecule has 0 radical (unpaired) electrons. The Kier molecular flexibility index (Phi) is 3.60. The lowest BCUT2D eigenvalue weighted by molar-refractivity contribution is 0.213. The van der Waals surface area contributed by atoms with Crippen molar-refractivity contribution in [2.75, 3.05) is 21.1 Å². The standard InChI is InChI=1S/C12H19N2OP/c1-10-12(11-8-6-5-7-9-11)15-16(13(2)3)14(10)4/h5-10,12H,1-4H3/t10-,12-,16?/m0/s1. The van der Waals surface area contributed by atoms with Gasteiger partial charge in [-0.1, -0.05) is 30.3 Å². The zero-order valence-electron chi connectivity index (χ0n) is 10.3. The zero-order valence-corrected chi connectivity index (χ0v) is 11.2. The van der Waals surface area contributed by atoms with Crippen LogP contribution < -0.4 is 0 Å². The Labute approximate surface area is 98.9 Å². The van der Waals surface area contributed by atoms with E-state index < -0.39 is 8.45 Å². The van der Waals surface area contributed by atoms with Crippen LogP contribution in [0.4, 0.5) is 0 Å². The third kappa shape index (κ3) is 2.14. The summed E-state index contributed by atoms with van der Waals surface area (Å²) in [5, 5.41) is 0. The number of hydrogen-bond acceptors (Lipinski definition) is 3. The van der Waals surface area contributed by atoms with Crippen molar-refractivity contribution in [3.63, 3.8) is 0 Å². The van der Waals surface area contributed by atoms with Crippen LogP contribution in [0.2, 0.25) is 0 Å². The Balaban J connectivity index is 2.20.